The van der Waals surface area contributed by atoms with Crippen LogP contribution in [0, 0.1) is 13.8 Å². The number of halogens is 2. The summed E-state index contributed by atoms with van der Waals surface area (Å²) in [5, 5.41) is 3.13. The van der Waals surface area contributed by atoms with E-state index in [0.29, 0.717) is 22.8 Å². The molecule has 0 saturated carbocycles. The molecule has 0 radical (unpaired) electrons. The quantitative estimate of drug-likeness (QED) is 0.326. The largest absolute Gasteiger partial charge is 0.355 e. The molecular weight excluding hydrogens is 590 g/mol. The summed E-state index contributed by atoms with van der Waals surface area (Å²) < 4.78 is 29.7. The van der Waals surface area contributed by atoms with Crippen molar-refractivity contribution in [3.05, 3.63) is 92.9 Å². The molecule has 3 rings (SSSR count). The van der Waals surface area contributed by atoms with E-state index >= 15 is 0 Å². The molecule has 202 valence electrons. The normalized spacial score (nSPS) is 12.1. The van der Waals surface area contributed by atoms with Gasteiger partial charge in [-0.1, -0.05) is 63.4 Å². The van der Waals surface area contributed by atoms with E-state index in [1.54, 1.807) is 51.1 Å². The van der Waals surface area contributed by atoms with Crippen LogP contribution in [0.4, 0.5) is 5.69 Å². The van der Waals surface area contributed by atoms with Gasteiger partial charge in [0.15, 0.2) is 0 Å². The zero-order valence-electron chi connectivity index (χ0n) is 21.7. The molecule has 7 nitrogen and oxygen atoms in total. The molecule has 1 atom stereocenters. The van der Waals surface area contributed by atoms with E-state index in [-0.39, 0.29) is 17.3 Å². The molecule has 0 bridgehead atoms. The van der Waals surface area contributed by atoms with Gasteiger partial charge in [0.2, 0.25) is 11.8 Å². The first-order valence-electron chi connectivity index (χ1n) is 12.1. The molecule has 10 heteroatoms. The molecule has 2 amide bonds. The van der Waals surface area contributed by atoms with E-state index in [2.05, 4.69) is 21.2 Å². The van der Waals surface area contributed by atoms with E-state index in [1.165, 1.54) is 17.0 Å². The van der Waals surface area contributed by atoms with Crippen LogP contribution < -0.4 is 9.62 Å². The fourth-order valence-electron chi connectivity index (χ4n) is 3.95. The third-order valence-electron chi connectivity index (χ3n) is 6.16. The first-order chi connectivity index (χ1) is 17.9. The van der Waals surface area contributed by atoms with E-state index < -0.39 is 28.5 Å². The van der Waals surface area contributed by atoms with Crippen LogP contribution in [0.3, 0.4) is 0 Å². The summed E-state index contributed by atoms with van der Waals surface area (Å²) in [7, 11) is -4.16. The second kappa shape index (κ2) is 12.8. The Bertz CT molecular complexity index is 1410. The number of amides is 2. The molecule has 0 spiro atoms. The highest BCUT2D eigenvalue weighted by Gasteiger charge is 2.33. The lowest BCUT2D eigenvalue weighted by molar-refractivity contribution is -0.139. The fourth-order valence-corrected chi connectivity index (χ4v) is 6.04. The molecular formula is C28H31BrClN3O4S. The lowest BCUT2D eigenvalue weighted by Gasteiger charge is -2.32. The van der Waals surface area contributed by atoms with Crippen LogP contribution in [0.15, 0.2) is 76.1 Å². The summed E-state index contributed by atoms with van der Waals surface area (Å²) in [6, 6.07) is 17.9. The van der Waals surface area contributed by atoms with Crippen LogP contribution in [0.1, 0.15) is 30.5 Å². The number of nitrogens with one attached hydrogen (secondary N) is 1. The maximum atomic E-state index is 13.9. The van der Waals surface area contributed by atoms with Gasteiger partial charge in [-0.05, 0) is 75.2 Å². The minimum atomic E-state index is -4.16. The number of anilines is 1. The third kappa shape index (κ3) is 6.95. The lowest BCUT2D eigenvalue weighted by atomic mass is 10.1. The predicted molar refractivity (Wildman–Crippen MR) is 155 cm³/mol. The Morgan fingerprint density at radius 2 is 1.68 bits per heavy atom. The van der Waals surface area contributed by atoms with Gasteiger partial charge in [0.05, 0.1) is 10.6 Å². The number of rotatable bonds is 10. The van der Waals surface area contributed by atoms with Crippen molar-refractivity contribution in [1.82, 2.24) is 10.2 Å². The van der Waals surface area contributed by atoms with E-state index in [9.17, 15) is 18.0 Å². The number of hydrogen-bond acceptors (Lipinski definition) is 4. The Kier molecular flexibility index (Phi) is 9.98. The van der Waals surface area contributed by atoms with Crippen molar-refractivity contribution in [1.29, 1.82) is 0 Å². The number of carbonyl (C=O) groups excluding carboxylic acids is 2. The van der Waals surface area contributed by atoms with E-state index in [0.717, 1.165) is 19.9 Å². The smallest absolute Gasteiger partial charge is 0.264 e. The summed E-state index contributed by atoms with van der Waals surface area (Å²) in [5.41, 5.74) is 2.50. The van der Waals surface area contributed by atoms with Gasteiger partial charge >= 0.3 is 0 Å². The minimum absolute atomic E-state index is 0.0468. The van der Waals surface area contributed by atoms with Gasteiger partial charge < -0.3 is 10.2 Å². The van der Waals surface area contributed by atoms with Crippen molar-refractivity contribution < 1.29 is 18.0 Å². The molecule has 0 saturated heterocycles. The highest BCUT2D eigenvalue weighted by molar-refractivity contribution is 9.10. The summed E-state index contributed by atoms with van der Waals surface area (Å²) >= 11 is 9.79. The zero-order chi connectivity index (χ0) is 28.0. The molecule has 1 unspecified atom stereocenters. The number of sulfonamides is 1. The molecule has 38 heavy (non-hydrogen) atoms. The van der Waals surface area contributed by atoms with Crippen molar-refractivity contribution in [3.63, 3.8) is 0 Å². The molecule has 3 aromatic rings. The lowest BCUT2D eigenvalue weighted by Crippen LogP contribution is -2.51. The summed E-state index contributed by atoms with van der Waals surface area (Å²) in [4.78, 5) is 28.1. The van der Waals surface area contributed by atoms with Gasteiger partial charge in [0.1, 0.15) is 12.6 Å². The van der Waals surface area contributed by atoms with Gasteiger partial charge in [-0.25, -0.2) is 8.42 Å². The average Bonchev–Trinajstić information content (AvgIpc) is 2.87. The standard InChI is InChI=1S/C28H31BrClN3O4S/c1-5-31-28(35)21(4)32(17-22-8-6-9-23(29)16-22)27(34)18-33(26-11-7-10-25(30)20(26)3)38(36,37)24-14-12-19(2)13-15-24/h6-16,21H,5,17-18H2,1-4H3,(H,31,35). The number of carbonyl (C=O) groups is 2. The molecule has 0 heterocycles. The summed E-state index contributed by atoms with van der Waals surface area (Å²) in [5.74, 6) is -0.860. The Labute approximate surface area is 238 Å². The minimum Gasteiger partial charge on any atom is -0.355 e. The second-order valence-electron chi connectivity index (χ2n) is 8.93. The van der Waals surface area contributed by atoms with Crippen LogP contribution in [-0.4, -0.2) is 44.3 Å². The van der Waals surface area contributed by atoms with Crippen LogP contribution in [-0.2, 0) is 26.2 Å². The molecule has 3 aromatic carbocycles. The van der Waals surface area contributed by atoms with E-state index in [1.807, 2.05) is 31.2 Å². The van der Waals surface area contributed by atoms with Gasteiger partial charge in [-0.3, -0.25) is 13.9 Å². The van der Waals surface area contributed by atoms with Crippen LogP contribution in [0.25, 0.3) is 0 Å². The summed E-state index contributed by atoms with van der Waals surface area (Å²) in [6.45, 7) is 6.99. The molecule has 0 aliphatic rings. The first kappa shape index (κ1) is 29.7. The van der Waals surface area contributed by atoms with Crippen molar-refractivity contribution in [3.8, 4) is 0 Å². The Balaban J connectivity index is 2.08. The number of nitrogens with zero attached hydrogens (tertiary/aromatic N) is 2. The fraction of sp³-hybridized carbons (Fsp3) is 0.286. The van der Waals surface area contributed by atoms with Crippen molar-refractivity contribution in [2.45, 2.75) is 45.2 Å². The number of benzene rings is 3. The molecule has 0 aliphatic heterocycles. The first-order valence-corrected chi connectivity index (χ1v) is 14.7. The van der Waals surface area contributed by atoms with Crippen molar-refractivity contribution in [2.24, 2.45) is 0 Å². The van der Waals surface area contributed by atoms with E-state index in [4.69, 9.17) is 11.6 Å². The second-order valence-corrected chi connectivity index (χ2v) is 12.1. The average molecular weight is 621 g/mol. The number of aryl methyl sites for hydroxylation is 1. The molecule has 0 aliphatic carbocycles. The maximum absolute atomic E-state index is 13.9. The predicted octanol–water partition coefficient (Wildman–Crippen LogP) is 5.47. The Morgan fingerprint density at radius 3 is 2.32 bits per heavy atom. The summed E-state index contributed by atoms with van der Waals surface area (Å²) in [6.07, 6.45) is 0. The van der Waals surface area contributed by atoms with Gasteiger partial charge in [-0.2, -0.15) is 0 Å². The van der Waals surface area contributed by atoms with Gasteiger partial charge in [0.25, 0.3) is 10.0 Å². The molecule has 0 fully saturated rings. The number of likely N-dealkylation sites (N-methyl/N-ethyl adjacent to an activating group) is 1. The van der Waals surface area contributed by atoms with Crippen molar-refractivity contribution in [2.75, 3.05) is 17.4 Å². The van der Waals surface area contributed by atoms with Gasteiger partial charge in [0, 0.05) is 22.6 Å². The van der Waals surface area contributed by atoms with Crippen LogP contribution in [0.2, 0.25) is 5.02 Å². The topological polar surface area (TPSA) is 86.8 Å². The highest BCUT2D eigenvalue weighted by Crippen LogP contribution is 2.31. The number of hydrogen-bond donors (Lipinski definition) is 1. The highest BCUT2D eigenvalue weighted by atomic mass is 79.9. The third-order valence-corrected chi connectivity index (χ3v) is 8.83. The van der Waals surface area contributed by atoms with Crippen LogP contribution >= 0.6 is 27.5 Å². The van der Waals surface area contributed by atoms with Crippen molar-refractivity contribution >= 4 is 55.1 Å². The SMILES string of the molecule is CCNC(=O)C(C)N(Cc1cccc(Br)c1)C(=O)CN(c1cccc(Cl)c1C)S(=O)(=O)c1ccc(C)cc1. The van der Waals surface area contributed by atoms with Gasteiger partial charge in [-0.15, -0.1) is 0 Å². The Morgan fingerprint density at radius 1 is 1.03 bits per heavy atom. The zero-order valence-corrected chi connectivity index (χ0v) is 24.9. The van der Waals surface area contributed by atoms with Crippen LogP contribution in [0.5, 0.6) is 0 Å². The monoisotopic (exact) mass is 619 g/mol. The molecule has 1 N–H and O–H groups in total. The molecule has 0 aromatic heterocycles. The maximum Gasteiger partial charge on any atom is 0.264 e. The Hall–Kier alpha value is -2.88.